The van der Waals surface area contributed by atoms with Crippen LogP contribution in [0.4, 0.5) is 0 Å². The molecule has 1 aromatic rings. The number of aromatic nitrogens is 2. The molecule has 1 aromatic heterocycles. The van der Waals surface area contributed by atoms with Crippen molar-refractivity contribution in [3.05, 3.63) is 26.9 Å². The predicted octanol–water partition coefficient (Wildman–Crippen LogP) is 0.0354. The summed E-state index contributed by atoms with van der Waals surface area (Å²) in [7, 11) is 0. The van der Waals surface area contributed by atoms with Crippen molar-refractivity contribution >= 4 is 29.1 Å². The molecule has 0 saturated carbocycles. The second-order valence-corrected chi connectivity index (χ2v) is 2.98. The number of nitrogens with two attached hydrogens (primary N) is 1. The summed E-state index contributed by atoms with van der Waals surface area (Å²) in [6.45, 7) is -0.261. The predicted molar refractivity (Wildman–Crippen MR) is 47.7 cm³/mol. The number of halogens is 2. The van der Waals surface area contributed by atoms with Crippen LogP contribution < -0.4 is 11.3 Å². The Morgan fingerprint density at radius 3 is 2.77 bits per heavy atom. The average molecular weight is 222 g/mol. The molecule has 2 N–H and O–H groups in total. The molecule has 0 radical (unpaired) electrons. The summed E-state index contributed by atoms with van der Waals surface area (Å²) in [4.78, 5) is 25.3. The number of carbonyl (C=O) groups is 1. The van der Waals surface area contributed by atoms with Gasteiger partial charge in [0.25, 0.3) is 5.56 Å². The summed E-state index contributed by atoms with van der Waals surface area (Å²) in [6.07, 6.45) is 1.11. The molecular weight excluding hydrogens is 217 g/mol. The first-order chi connectivity index (χ1) is 6.02. The zero-order valence-electron chi connectivity index (χ0n) is 6.33. The van der Waals surface area contributed by atoms with Gasteiger partial charge in [-0.3, -0.25) is 14.2 Å². The Labute approximate surface area is 83.1 Å². The van der Waals surface area contributed by atoms with Gasteiger partial charge in [0.2, 0.25) is 5.91 Å². The van der Waals surface area contributed by atoms with Crippen molar-refractivity contribution in [3.63, 3.8) is 0 Å². The van der Waals surface area contributed by atoms with Crippen molar-refractivity contribution < 1.29 is 4.79 Å². The molecule has 1 rings (SSSR count). The summed E-state index contributed by atoms with van der Waals surface area (Å²) < 4.78 is 0.983. The first-order valence-electron chi connectivity index (χ1n) is 3.21. The second-order valence-electron chi connectivity index (χ2n) is 2.25. The van der Waals surface area contributed by atoms with Crippen LogP contribution in [0.2, 0.25) is 10.2 Å². The monoisotopic (exact) mass is 221 g/mol. The van der Waals surface area contributed by atoms with E-state index in [9.17, 15) is 9.59 Å². The van der Waals surface area contributed by atoms with Crippen LogP contribution >= 0.6 is 23.2 Å². The quantitative estimate of drug-likeness (QED) is 0.717. The molecule has 1 amide bonds. The second kappa shape index (κ2) is 3.76. The fourth-order valence-corrected chi connectivity index (χ4v) is 1.01. The lowest BCUT2D eigenvalue weighted by molar-refractivity contribution is -0.118. The van der Waals surface area contributed by atoms with Gasteiger partial charge in [0.05, 0.1) is 6.33 Å². The van der Waals surface area contributed by atoms with Crippen molar-refractivity contribution in [2.45, 2.75) is 6.54 Å². The zero-order chi connectivity index (χ0) is 10.0. The lowest BCUT2D eigenvalue weighted by Crippen LogP contribution is -2.28. The summed E-state index contributed by atoms with van der Waals surface area (Å²) in [5.74, 6) is -0.651. The number of hydrogen-bond acceptors (Lipinski definition) is 3. The van der Waals surface area contributed by atoms with Crippen molar-refractivity contribution in [1.29, 1.82) is 0 Å². The van der Waals surface area contributed by atoms with Crippen LogP contribution in [0, 0.1) is 0 Å². The van der Waals surface area contributed by atoms with E-state index in [0.717, 1.165) is 10.9 Å². The molecule has 1 heterocycles. The Morgan fingerprint density at radius 2 is 2.23 bits per heavy atom. The highest BCUT2D eigenvalue weighted by Crippen LogP contribution is 2.12. The Hall–Kier alpha value is -1.07. The van der Waals surface area contributed by atoms with E-state index in [2.05, 4.69) is 4.98 Å². The van der Waals surface area contributed by atoms with Gasteiger partial charge in [-0.25, -0.2) is 4.98 Å². The average Bonchev–Trinajstić information content (AvgIpc) is 2.06. The molecule has 0 unspecified atom stereocenters. The molecule has 0 saturated heterocycles. The maximum absolute atomic E-state index is 11.2. The zero-order valence-corrected chi connectivity index (χ0v) is 7.84. The fraction of sp³-hybridized carbons (Fsp3) is 0.167. The molecule has 0 aliphatic rings. The lowest BCUT2D eigenvalue weighted by Gasteiger charge is -2.02. The summed E-state index contributed by atoms with van der Waals surface area (Å²) in [5.41, 5.74) is 4.30. The van der Waals surface area contributed by atoms with Gasteiger partial charge < -0.3 is 5.73 Å². The molecule has 5 nitrogen and oxygen atoms in total. The third-order valence-electron chi connectivity index (χ3n) is 1.27. The molecule has 0 fully saturated rings. The third kappa shape index (κ3) is 2.19. The van der Waals surface area contributed by atoms with Gasteiger partial charge in [-0.15, -0.1) is 0 Å². The Balaban J connectivity index is 3.19. The Bertz CT molecular complexity index is 401. The van der Waals surface area contributed by atoms with Gasteiger partial charge >= 0.3 is 0 Å². The highest BCUT2D eigenvalue weighted by molar-refractivity contribution is 6.40. The summed E-state index contributed by atoms with van der Waals surface area (Å²) in [6, 6.07) is 0. The lowest BCUT2D eigenvalue weighted by atomic mass is 10.5. The van der Waals surface area contributed by atoms with E-state index in [1.54, 1.807) is 0 Å². The molecule has 70 valence electrons. The van der Waals surface area contributed by atoms with Gasteiger partial charge in [-0.1, -0.05) is 23.2 Å². The standard InChI is InChI=1S/C6H5Cl2N3O2/c7-4-5(8)10-2-11(6(4)13)1-3(9)12/h2H,1H2,(H2,9,12). The number of nitrogens with zero attached hydrogens (tertiary/aromatic N) is 2. The molecule has 0 atom stereocenters. The van der Waals surface area contributed by atoms with Crippen LogP contribution in [0.5, 0.6) is 0 Å². The van der Waals surface area contributed by atoms with E-state index >= 15 is 0 Å². The van der Waals surface area contributed by atoms with Crippen LogP contribution in [-0.4, -0.2) is 15.5 Å². The van der Waals surface area contributed by atoms with Gasteiger partial charge in [0.1, 0.15) is 11.6 Å². The number of amides is 1. The van der Waals surface area contributed by atoms with Crippen LogP contribution in [0.15, 0.2) is 11.1 Å². The van der Waals surface area contributed by atoms with Crippen molar-refractivity contribution in [3.8, 4) is 0 Å². The number of rotatable bonds is 2. The van der Waals surface area contributed by atoms with Gasteiger partial charge in [-0.2, -0.15) is 0 Å². The molecule has 0 bridgehead atoms. The van der Waals surface area contributed by atoms with Gasteiger partial charge in [-0.05, 0) is 0 Å². The van der Waals surface area contributed by atoms with E-state index < -0.39 is 11.5 Å². The highest BCUT2D eigenvalue weighted by Gasteiger charge is 2.08. The molecule has 0 aromatic carbocycles. The maximum atomic E-state index is 11.2. The van der Waals surface area contributed by atoms with Crippen molar-refractivity contribution in [2.75, 3.05) is 0 Å². The first-order valence-corrected chi connectivity index (χ1v) is 3.96. The molecule has 0 aliphatic heterocycles. The normalized spacial score (nSPS) is 10.0. The number of primary amides is 1. The topological polar surface area (TPSA) is 78.0 Å². The van der Waals surface area contributed by atoms with Crippen LogP contribution in [0.3, 0.4) is 0 Å². The molecule has 0 aliphatic carbocycles. The highest BCUT2D eigenvalue weighted by atomic mass is 35.5. The maximum Gasteiger partial charge on any atom is 0.274 e. The van der Waals surface area contributed by atoms with Crippen LogP contribution in [-0.2, 0) is 11.3 Å². The Kier molecular flexibility index (Phi) is 2.90. The smallest absolute Gasteiger partial charge is 0.274 e. The van der Waals surface area contributed by atoms with E-state index in [0.29, 0.717) is 0 Å². The van der Waals surface area contributed by atoms with Gasteiger partial charge in [0.15, 0.2) is 5.15 Å². The minimum absolute atomic E-state index is 0.0904. The van der Waals surface area contributed by atoms with Crippen molar-refractivity contribution in [2.24, 2.45) is 5.73 Å². The minimum atomic E-state index is -0.651. The summed E-state index contributed by atoms with van der Waals surface area (Å²) in [5, 5.41) is -0.308. The largest absolute Gasteiger partial charge is 0.368 e. The third-order valence-corrected chi connectivity index (χ3v) is 1.99. The van der Waals surface area contributed by atoms with Crippen LogP contribution in [0.1, 0.15) is 0 Å². The Morgan fingerprint density at radius 1 is 1.62 bits per heavy atom. The molecule has 0 spiro atoms. The van der Waals surface area contributed by atoms with E-state index in [1.807, 2.05) is 0 Å². The van der Waals surface area contributed by atoms with Crippen molar-refractivity contribution in [1.82, 2.24) is 9.55 Å². The fourth-order valence-electron chi connectivity index (χ4n) is 0.724. The van der Waals surface area contributed by atoms with E-state index in [1.165, 1.54) is 0 Å². The van der Waals surface area contributed by atoms with E-state index in [4.69, 9.17) is 28.9 Å². The summed E-state index contributed by atoms with van der Waals surface area (Å²) >= 11 is 10.9. The first kappa shape index (κ1) is 10.0. The SMILES string of the molecule is NC(=O)Cn1cnc(Cl)c(Cl)c1=O. The minimum Gasteiger partial charge on any atom is -0.368 e. The number of hydrogen-bond donors (Lipinski definition) is 1. The van der Waals surface area contributed by atoms with E-state index in [-0.39, 0.29) is 16.7 Å². The van der Waals surface area contributed by atoms with Gasteiger partial charge in [0, 0.05) is 0 Å². The van der Waals surface area contributed by atoms with Crippen LogP contribution in [0.25, 0.3) is 0 Å². The number of carbonyl (C=O) groups excluding carboxylic acids is 1. The molecular formula is C6H5Cl2N3O2. The molecule has 7 heteroatoms. The molecule has 13 heavy (non-hydrogen) atoms.